The van der Waals surface area contributed by atoms with Crippen molar-refractivity contribution in [2.24, 2.45) is 0 Å². The summed E-state index contributed by atoms with van der Waals surface area (Å²) in [5.74, 6) is 1.44. The molecule has 2 aromatic heterocycles. The minimum Gasteiger partial charge on any atom is -0.493 e. The van der Waals surface area contributed by atoms with Gasteiger partial charge in [-0.2, -0.15) is 5.10 Å². The maximum atomic E-state index is 12.5. The zero-order valence-corrected chi connectivity index (χ0v) is 14.7. The summed E-state index contributed by atoms with van der Waals surface area (Å²) in [4.78, 5) is 20.6. The van der Waals surface area contributed by atoms with Gasteiger partial charge >= 0.3 is 0 Å². The molecule has 1 amide bonds. The molecule has 8 nitrogen and oxygen atoms in total. The van der Waals surface area contributed by atoms with Crippen molar-refractivity contribution < 1.29 is 14.3 Å². The van der Waals surface area contributed by atoms with E-state index in [2.05, 4.69) is 20.4 Å². The van der Waals surface area contributed by atoms with Gasteiger partial charge in [-0.1, -0.05) is 0 Å². The first-order valence-corrected chi connectivity index (χ1v) is 8.04. The van der Waals surface area contributed by atoms with E-state index >= 15 is 0 Å². The van der Waals surface area contributed by atoms with Gasteiger partial charge in [0.2, 0.25) is 0 Å². The monoisotopic (exact) mass is 353 g/mol. The molecule has 8 heteroatoms. The highest BCUT2D eigenvalue weighted by Crippen LogP contribution is 2.29. The van der Waals surface area contributed by atoms with Crippen molar-refractivity contribution in [1.82, 2.24) is 19.7 Å². The largest absolute Gasteiger partial charge is 0.493 e. The van der Waals surface area contributed by atoms with Gasteiger partial charge in [-0.15, -0.1) is 0 Å². The third-order valence-corrected chi connectivity index (χ3v) is 3.45. The lowest BCUT2D eigenvalue weighted by atomic mass is 10.2. The van der Waals surface area contributed by atoms with E-state index in [1.807, 2.05) is 13.8 Å². The van der Waals surface area contributed by atoms with Crippen LogP contribution in [0.25, 0.3) is 5.82 Å². The molecule has 0 radical (unpaired) electrons. The van der Waals surface area contributed by atoms with Crippen molar-refractivity contribution in [2.75, 3.05) is 12.4 Å². The van der Waals surface area contributed by atoms with E-state index in [4.69, 9.17) is 9.47 Å². The van der Waals surface area contributed by atoms with Crippen molar-refractivity contribution >= 4 is 11.6 Å². The lowest BCUT2D eigenvalue weighted by Crippen LogP contribution is -2.13. The van der Waals surface area contributed by atoms with Crippen molar-refractivity contribution in [1.29, 1.82) is 0 Å². The first-order chi connectivity index (χ1) is 12.6. The predicted octanol–water partition coefficient (Wildman–Crippen LogP) is 2.71. The van der Waals surface area contributed by atoms with E-state index in [0.29, 0.717) is 28.6 Å². The second kappa shape index (κ2) is 7.64. The fourth-order valence-corrected chi connectivity index (χ4v) is 2.29. The van der Waals surface area contributed by atoms with E-state index in [-0.39, 0.29) is 12.0 Å². The highest BCUT2D eigenvalue weighted by molar-refractivity contribution is 6.04. The fraction of sp³-hybridized carbons (Fsp3) is 0.222. The van der Waals surface area contributed by atoms with Crippen LogP contribution in [0.3, 0.4) is 0 Å². The van der Waals surface area contributed by atoms with Gasteiger partial charge in [-0.3, -0.25) is 4.79 Å². The number of hydrogen-bond acceptors (Lipinski definition) is 6. The van der Waals surface area contributed by atoms with Crippen LogP contribution >= 0.6 is 0 Å². The number of benzene rings is 1. The molecule has 2 heterocycles. The number of ether oxygens (including phenoxy) is 2. The maximum Gasteiger partial charge on any atom is 0.255 e. The number of nitrogens with zero attached hydrogens (tertiary/aromatic N) is 4. The van der Waals surface area contributed by atoms with Crippen LogP contribution in [0.4, 0.5) is 5.69 Å². The summed E-state index contributed by atoms with van der Waals surface area (Å²) >= 11 is 0. The Morgan fingerprint density at radius 3 is 2.65 bits per heavy atom. The lowest BCUT2D eigenvalue weighted by molar-refractivity contribution is 0.102. The highest BCUT2D eigenvalue weighted by atomic mass is 16.5. The van der Waals surface area contributed by atoms with Crippen LogP contribution in [-0.4, -0.2) is 38.9 Å². The molecule has 0 saturated heterocycles. The summed E-state index contributed by atoms with van der Waals surface area (Å²) in [5, 5.41) is 6.80. The Kier molecular flexibility index (Phi) is 5.12. The van der Waals surface area contributed by atoms with E-state index in [1.165, 1.54) is 18.1 Å². The first kappa shape index (κ1) is 17.4. The number of aromatic nitrogens is 4. The Morgan fingerprint density at radius 1 is 1.19 bits per heavy atom. The predicted molar refractivity (Wildman–Crippen MR) is 95.9 cm³/mol. The molecule has 0 aliphatic heterocycles. The summed E-state index contributed by atoms with van der Waals surface area (Å²) in [6, 6.07) is 8.54. The minimum absolute atomic E-state index is 0.0122. The number of hydrogen-bond donors (Lipinski definition) is 1. The van der Waals surface area contributed by atoms with Crippen LogP contribution < -0.4 is 14.8 Å². The van der Waals surface area contributed by atoms with Gasteiger partial charge in [0.05, 0.1) is 25.1 Å². The Bertz CT molecular complexity index is 876. The fourth-order valence-electron chi connectivity index (χ4n) is 2.29. The Balaban J connectivity index is 1.73. The SMILES string of the molecule is COc1cc(C(=O)Nc2ccc(-n3cncn3)nc2)ccc1OC(C)C. The first-order valence-electron chi connectivity index (χ1n) is 8.04. The zero-order chi connectivity index (χ0) is 18.5. The third kappa shape index (κ3) is 3.97. The second-order valence-corrected chi connectivity index (χ2v) is 5.73. The molecule has 3 aromatic rings. The summed E-state index contributed by atoms with van der Waals surface area (Å²) in [7, 11) is 1.54. The average molecular weight is 353 g/mol. The van der Waals surface area contributed by atoms with Crippen LogP contribution in [0.15, 0.2) is 49.2 Å². The lowest BCUT2D eigenvalue weighted by Gasteiger charge is -2.14. The van der Waals surface area contributed by atoms with E-state index in [9.17, 15) is 4.79 Å². The molecule has 3 rings (SSSR count). The van der Waals surface area contributed by atoms with Gasteiger partial charge in [0.25, 0.3) is 5.91 Å². The van der Waals surface area contributed by atoms with E-state index < -0.39 is 0 Å². The number of nitrogens with one attached hydrogen (secondary N) is 1. The highest BCUT2D eigenvalue weighted by Gasteiger charge is 2.12. The van der Waals surface area contributed by atoms with Crippen LogP contribution in [0.1, 0.15) is 24.2 Å². The molecule has 1 aromatic carbocycles. The van der Waals surface area contributed by atoms with Gasteiger partial charge in [0, 0.05) is 5.56 Å². The number of methoxy groups -OCH3 is 1. The number of carbonyl (C=O) groups is 1. The molecule has 1 N–H and O–H groups in total. The summed E-state index contributed by atoms with van der Waals surface area (Å²) in [5.41, 5.74) is 1.03. The average Bonchev–Trinajstić information content (AvgIpc) is 3.17. The summed E-state index contributed by atoms with van der Waals surface area (Å²) in [6.45, 7) is 3.85. The van der Waals surface area contributed by atoms with Crippen molar-refractivity contribution in [3.05, 3.63) is 54.7 Å². The van der Waals surface area contributed by atoms with E-state index in [1.54, 1.807) is 42.9 Å². The van der Waals surface area contributed by atoms with Gasteiger partial charge < -0.3 is 14.8 Å². The van der Waals surface area contributed by atoms with Gasteiger partial charge in [-0.25, -0.2) is 14.6 Å². The topological polar surface area (TPSA) is 91.2 Å². The number of rotatable bonds is 6. The molecule has 0 bridgehead atoms. The summed E-state index contributed by atoms with van der Waals surface area (Å²) < 4.78 is 12.5. The van der Waals surface area contributed by atoms with Crippen molar-refractivity contribution in [3.8, 4) is 17.3 Å². The molecule has 0 unspecified atom stereocenters. The Labute approximate surface area is 150 Å². The van der Waals surface area contributed by atoms with Gasteiger partial charge in [0.1, 0.15) is 12.7 Å². The molecule has 0 atom stereocenters. The zero-order valence-electron chi connectivity index (χ0n) is 14.7. The quantitative estimate of drug-likeness (QED) is 0.733. The Morgan fingerprint density at radius 2 is 2.04 bits per heavy atom. The number of amides is 1. The van der Waals surface area contributed by atoms with Crippen LogP contribution in [0.5, 0.6) is 11.5 Å². The number of carbonyl (C=O) groups excluding carboxylic acids is 1. The number of pyridine rings is 1. The standard InChI is InChI=1S/C18H19N5O3/c1-12(2)26-15-6-4-13(8-16(15)25-3)18(24)22-14-5-7-17(20-9-14)23-11-19-10-21-23/h4-12H,1-3H3,(H,22,24). The molecule has 0 aliphatic carbocycles. The molecule has 0 fully saturated rings. The van der Waals surface area contributed by atoms with Gasteiger partial charge in [-0.05, 0) is 44.2 Å². The molecular weight excluding hydrogens is 334 g/mol. The van der Waals surface area contributed by atoms with Crippen molar-refractivity contribution in [2.45, 2.75) is 20.0 Å². The molecular formula is C18H19N5O3. The molecule has 26 heavy (non-hydrogen) atoms. The molecule has 0 spiro atoms. The normalized spacial score (nSPS) is 10.6. The van der Waals surface area contributed by atoms with Gasteiger partial charge in [0.15, 0.2) is 17.3 Å². The Hall–Kier alpha value is -3.42. The smallest absolute Gasteiger partial charge is 0.255 e. The summed E-state index contributed by atoms with van der Waals surface area (Å²) in [6.07, 6.45) is 4.55. The van der Waals surface area contributed by atoms with Crippen molar-refractivity contribution in [3.63, 3.8) is 0 Å². The van der Waals surface area contributed by atoms with Crippen LogP contribution in [-0.2, 0) is 0 Å². The number of anilines is 1. The van der Waals surface area contributed by atoms with E-state index in [0.717, 1.165) is 0 Å². The molecule has 0 saturated carbocycles. The minimum atomic E-state index is -0.269. The molecule has 0 aliphatic rings. The van der Waals surface area contributed by atoms with Crippen LogP contribution in [0.2, 0.25) is 0 Å². The maximum absolute atomic E-state index is 12.5. The molecule has 134 valence electrons. The van der Waals surface area contributed by atoms with Crippen LogP contribution in [0, 0.1) is 0 Å². The second-order valence-electron chi connectivity index (χ2n) is 5.73. The third-order valence-electron chi connectivity index (χ3n) is 3.45.